The van der Waals surface area contributed by atoms with Gasteiger partial charge in [-0.25, -0.2) is 4.98 Å². The highest BCUT2D eigenvalue weighted by Crippen LogP contribution is 2.20. The number of rotatable bonds is 5. The highest BCUT2D eigenvalue weighted by Gasteiger charge is 2.09. The summed E-state index contributed by atoms with van der Waals surface area (Å²) in [5, 5.41) is 10.5. The maximum Gasteiger partial charge on any atom is 0.234 e. The van der Waals surface area contributed by atoms with Crippen molar-refractivity contribution in [1.82, 2.24) is 15.2 Å². The van der Waals surface area contributed by atoms with Crippen LogP contribution < -0.4 is 5.32 Å². The van der Waals surface area contributed by atoms with E-state index < -0.39 is 0 Å². The number of hydrogen-bond donors (Lipinski definition) is 2. The molecule has 1 aromatic heterocycles. The number of thioether (sulfide) groups is 1. The Bertz CT molecular complexity index is 825. The Kier molecular flexibility index (Phi) is 4.96. The molecule has 0 bridgehead atoms. The van der Waals surface area contributed by atoms with Gasteiger partial charge in [0.25, 0.3) is 0 Å². The normalized spacial score (nSPS) is 10.6. The number of hydrogen-bond acceptors (Lipinski definition) is 4. The number of aromatic amines is 1. The van der Waals surface area contributed by atoms with Crippen LogP contribution in [0.1, 0.15) is 11.1 Å². The molecule has 3 rings (SSSR count). The first-order valence-corrected chi connectivity index (χ1v) is 8.57. The summed E-state index contributed by atoms with van der Waals surface area (Å²) in [6.45, 7) is 4.05. The van der Waals surface area contributed by atoms with Crippen LogP contribution >= 0.6 is 11.8 Å². The van der Waals surface area contributed by atoms with E-state index in [0.29, 0.717) is 11.0 Å². The van der Waals surface area contributed by atoms with E-state index in [0.717, 1.165) is 16.8 Å². The zero-order valence-electron chi connectivity index (χ0n) is 13.5. The highest BCUT2D eigenvalue weighted by molar-refractivity contribution is 7.99. The fourth-order valence-electron chi connectivity index (χ4n) is 2.12. The van der Waals surface area contributed by atoms with Crippen molar-refractivity contribution in [2.75, 3.05) is 11.1 Å². The molecule has 0 aliphatic heterocycles. The Labute approximate surface area is 144 Å². The van der Waals surface area contributed by atoms with E-state index in [1.54, 1.807) is 0 Å². The van der Waals surface area contributed by atoms with E-state index in [2.05, 4.69) is 20.5 Å². The molecule has 0 fully saturated rings. The summed E-state index contributed by atoms with van der Waals surface area (Å²) in [6.07, 6.45) is 0. The molecule has 24 heavy (non-hydrogen) atoms. The van der Waals surface area contributed by atoms with Gasteiger partial charge in [0.15, 0.2) is 5.82 Å². The zero-order valence-corrected chi connectivity index (χ0v) is 14.4. The largest absolute Gasteiger partial charge is 0.325 e. The molecule has 6 heteroatoms. The molecule has 2 aromatic carbocycles. The number of aromatic nitrogens is 3. The summed E-state index contributed by atoms with van der Waals surface area (Å²) < 4.78 is 0. The van der Waals surface area contributed by atoms with Crippen LogP contribution in [-0.2, 0) is 4.79 Å². The van der Waals surface area contributed by atoms with E-state index in [-0.39, 0.29) is 11.7 Å². The summed E-state index contributed by atoms with van der Waals surface area (Å²) in [5.41, 5.74) is 4.12. The summed E-state index contributed by atoms with van der Waals surface area (Å²) in [6, 6.07) is 15.8. The maximum absolute atomic E-state index is 12.0. The number of anilines is 1. The van der Waals surface area contributed by atoms with E-state index in [4.69, 9.17) is 0 Å². The Hall–Kier alpha value is -2.60. The summed E-state index contributed by atoms with van der Waals surface area (Å²) in [5.74, 6) is 0.890. The smallest absolute Gasteiger partial charge is 0.234 e. The van der Waals surface area contributed by atoms with Crippen LogP contribution in [0.2, 0.25) is 0 Å². The third-order valence-corrected chi connectivity index (χ3v) is 4.30. The molecule has 0 radical (unpaired) electrons. The molecule has 5 nitrogen and oxygen atoms in total. The molecule has 3 aromatic rings. The van der Waals surface area contributed by atoms with Gasteiger partial charge in [0.1, 0.15) is 0 Å². The number of aryl methyl sites for hydroxylation is 2. The molecule has 0 aliphatic carbocycles. The van der Waals surface area contributed by atoms with Gasteiger partial charge >= 0.3 is 0 Å². The van der Waals surface area contributed by atoms with Crippen molar-refractivity contribution in [3.05, 3.63) is 59.7 Å². The molecule has 0 spiro atoms. The second-order valence-electron chi connectivity index (χ2n) is 5.54. The molecule has 0 atom stereocenters. The molecular weight excluding hydrogens is 320 g/mol. The van der Waals surface area contributed by atoms with E-state index in [1.807, 2.05) is 62.4 Å². The summed E-state index contributed by atoms with van der Waals surface area (Å²) >= 11 is 1.30. The van der Waals surface area contributed by atoms with Crippen LogP contribution in [0.25, 0.3) is 11.4 Å². The molecule has 122 valence electrons. The average molecular weight is 338 g/mol. The quantitative estimate of drug-likeness (QED) is 0.694. The number of amides is 1. The van der Waals surface area contributed by atoms with Crippen LogP contribution in [0.5, 0.6) is 0 Å². The lowest BCUT2D eigenvalue weighted by molar-refractivity contribution is -0.113. The Morgan fingerprint density at radius 3 is 2.33 bits per heavy atom. The number of H-pyrrole nitrogens is 1. The van der Waals surface area contributed by atoms with Crippen molar-refractivity contribution in [1.29, 1.82) is 0 Å². The van der Waals surface area contributed by atoms with Crippen LogP contribution in [0.3, 0.4) is 0 Å². The molecule has 0 unspecified atom stereocenters. The van der Waals surface area contributed by atoms with Gasteiger partial charge in [0, 0.05) is 11.3 Å². The van der Waals surface area contributed by atoms with Gasteiger partial charge in [-0.15, -0.1) is 5.10 Å². The first-order valence-electron chi connectivity index (χ1n) is 7.59. The van der Waals surface area contributed by atoms with Crippen molar-refractivity contribution in [2.24, 2.45) is 0 Å². The molecule has 0 saturated carbocycles. The SMILES string of the molecule is Cc1ccc(NC(=O)CSc2n[nH]c(-c3ccc(C)cc3)n2)cc1. The van der Waals surface area contributed by atoms with Gasteiger partial charge in [-0.3, -0.25) is 9.89 Å². The summed E-state index contributed by atoms with van der Waals surface area (Å²) in [4.78, 5) is 16.4. The number of nitrogens with zero attached hydrogens (tertiary/aromatic N) is 2. The molecule has 0 saturated heterocycles. The van der Waals surface area contributed by atoms with Crippen molar-refractivity contribution in [3.8, 4) is 11.4 Å². The Balaban J connectivity index is 1.56. The molecule has 2 N–H and O–H groups in total. The lowest BCUT2D eigenvalue weighted by Crippen LogP contribution is -2.14. The van der Waals surface area contributed by atoms with E-state index >= 15 is 0 Å². The highest BCUT2D eigenvalue weighted by atomic mass is 32.2. The number of carbonyl (C=O) groups excluding carboxylic acids is 1. The topological polar surface area (TPSA) is 70.7 Å². The van der Waals surface area contributed by atoms with Gasteiger partial charge in [0.05, 0.1) is 5.75 Å². The van der Waals surface area contributed by atoms with Gasteiger partial charge in [0.2, 0.25) is 11.1 Å². The fourth-order valence-corrected chi connectivity index (χ4v) is 2.71. The average Bonchev–Trinajstić information content (AvgIpc) is 3.05. The molecule has 1 heterocycles. The van der Waals surface area contributed by atoms with Crippen LogP contribution in [0.4, 0.5) is 5.69 Å². The first kappa shape index (κ1) is 16.3. The van der Waals surface area contributed by atoms with E-state index in [9.17, 15) is 4.79 Å². The predicted octanol–water partition coefficient (Wildman–Crippen LogP) is 3.82. The lowest BCUT2D eigenvalue weighted by atomic mass is 10.1. The Morgan fingerprint density at radius 1 is 1.04 bits per heavy atom. The van der Waals surface area contributed by atoms with Crippen LogP contribution in [0, 0.1) is 13.8 Å². The zero-order chi connectivity index (χ0) is 16.9. The number of carbonyl (C=O) groups is 1. The number of nitrogens with one attached hydrogen (secondary N) is 2. The third kappa shape index (κ3) is 4.23. The molecule has 0 aliphatic rings. The lowest BCUT2D eigenvalue weighted by Gasteiger charge is -2.04. The van der Waals surface area contributed by atoms with Gasteiger partial charge < -0.3 is 5.32 Å². The Morgan fingerprint density at radius 2 is 1.67 bits per heavy atom. The number of benzene rings is 2. The maximum atomic E-state index is 12.0. The van der Waals surface area contributed by atoms with Crippen LogP contribution in [-0.4, -0.2) is 26.8 Å². The van der Waals surface area contributed by atoms with Crippen LogP contribution in [0.15, 0.2) is 53.7 Å². The minimum atomic E-state index is -0.0782. The third-order valence-electron chi connectivity index (χ3n) is 3.46. The summed E-state index contributed by atoms with van der Waals surface area (Å²) in [7, 11) is 0. The minimum absolute atomic E-state index is 0.0782. The minimum Gasteiger partial charge on any atom is -0.325 e. The van der Waals surface area contributed by atoms with Gasteiger partial charge in [-0.1, -0.05) is 59.3 Å². The van der Waals surface area contributed by atoms with E-state index in [1.165, 1.54) is 17.3 Å². The predicted molar refractivity (Wildman–Crippen MR) is 97.1 cm³/mol. The monoisotopic (exact) mass is 338 g/mol. The van der Waals surface area contributed by atoms with Crippen molar-refractivity contribution >= 4 is 23.4 Å². The van der Waals surface area contributed by atoms with Crippen molar-refractivity contribution in [3.63, 3.8) is 0 Å². The van der Waals surface area contributed by atoms with Gasteiger partial charge in [-0.2, -0.15) is 0 Å². The van der Waals surface area contributed by atoms with Crippen molar-refractivity contribution < 1.29 is 4.79 Å². The molecule has 1 amide bonds. The molecular formula is C18H18N4OS. The second-order valence-corrected chi connectivity index (χ2v) is 6.48. The second kappa shape index (κ2) is 7.31. The standard InChI is InChI=1S/C18H18N4OS/c1-12-3-7-14(8-4-12)17-20-18(22-21-17)24-11-16(23)19-15-9-5-13(2)6-10-15/h3-10H,11H2,1-2H3,(H,19,23)(H,20,21,22). The first-order chi connectivity index (χ1) is 11.6. The van der Waals surface area contributed by atoms with Crippen molar-refractivity contribution in [2.45, 2.75) is 19.0 Å². The van der Waals surface area contributed by atoms with Gasteiger partial charge in [-0.05, 0) is 26.0 Å². The fraction of sp³-hybridized carbons (Fsp3) is 0.167.